The predicted octanol–water partition coefficient (Wildman–Crippen LogP) is 1.50. The van der Waals surface area contributed by atoms with E-state index in [1.54, 1.807) is 18.3 Å². The number of oxime groups is 1. The number of alkyl halides is 1. The van der Waals surface area contributed by atoms with Gasteiger partial charge in [-0.2, -0.15) is 0 Å². The average Bonchev–Trinajstić information content (AvgIpc) is 2.35. The molecule has 0 fully saturated rings. The molecule has 0 radical (unpaired) electrons. The Morgan fingerprint density at radius 2 is 2.31 bits per heavy atom. The number of esters is 1. The van der Waals surface area contributed by atoms with E-state index in [9.17, 15) is 4.79 Å². The number of carbonyl (C=O) groups is 1. The second-order valence-corrected chi connectivity index (χ2v) is 3.31. The Morgan fingerprint density at radius 3 is 2.88 bits per heavy atom. The number of halogens is 1. The summed E-state index contributed by atoms with van der Waals surface area (Å²) < 4.78 is 4.63. The summed E-state index contributed by atoms with van der Waals surface area (Å²) in [6.45, 7) is 0. The fraction of sp³-hybridized carbons (Fsp3) is 0.300. The molecule has 0 N–H and O–H groups in total. The van der Waals surface area contributed by atoms with E-state index < -0.39 is 5.97 Å². The molecule has 0 aliphatic carbocycles. The van der Waals surface area contributed by atoms with E-state index in [2.05, 4.69) is 35.6 Å². The van der Waals surface area contributed by atoms with Crippen molar-refractivity contribution in [3.05, 3.63) is 29.6 Å². The number of ether oxygens (including phenoxy) is 1. The lowest BCUT2D eigenvalue weighted by Gasteiger charge is -2.06. The molecule has 16 heavy (non-hydrogen) atoms. The minimum Gasteiger partial charge on any atom is -0.464 e. The van der Waals surface area contributed by atoms with Crippen LogP contribution >= 0.6 is 15.9 Å². The second kappa shape index (κ2) is 6.22. The van der Waals surface area contributed by atoms with Crippen LogP contribution in [0, 0.1) is 0 Å². The Hall–Kier alpha value is -1.43. The number of methoxy groups -OCH3 is 1. The first-order chi connectivity index (χ1) is 7.74. The van der Waals surface area contributed by atoms with Crippen molar-refractivity contribution in [2.75, 3.05) is 14.2 Å². The van der Waals surface area contributed by atoms with Crippen LogP contribution in [0.25, 0.3) is 0 Å². The molecular weight excluding hydrogens is 276 g/mol. The van der Waals surface area contributed by atoms with Crippen LogP contribution in [0.2, 0.25) is 0 Å². The molecule has 1 aromatic rings. The molecule has 1 aromatic heterocycles. The van der Waals surface area contributed by atoms with Crippen LogP contribution < -0.4 is 0 Å². The number of rotatable bonds is 4. The van der Waals surface area contributed by atoms with E-state index in [0.717, 1.165) is 0 Å². The van der Waals surface area contributed by atoms with Crippen LogP contribution in [0.5, 0.6) is 0 Å². The maximum Gasteiger partial charge on any atom is 0.360 e. The van der Waals surface area contributed by atoms with Gasteiger partial charge in [0.15, 0.2) is 5.71 Å². The molecule has 0 saturated heterocycles. The minimum absolute atomic E-state index is 0.104. The Kier molecular flexibility index (Phi) is 4.91. The fourth-order valence-electron chi connectivity index (χ4n) is 1.14. The molecule has 0 unspecified atom stereocenters. The van der Waals surface area contributed by atoms with Crippen molar-refractivity contribution >= 4 is 27.6 Å². The minimum atomic E-state index is -0.558. The SMILES string of the molecule is CON=C(C(=O)OC)c1cccnc1CBr. The Morgan fingerprint density at radius 1 is 1.56 bits per heavy atom. The standard InChI is InChI=1S/C10H11BrN2O3/c1-15-10(14)9(13-16-2)7-4-3-5-12-8(7)6-11/h3-5H,6H2,1-2H3. The van der Waals surface area contributed by atoms with Gasteiger partial charge >= 0.3 is 5.97 Å². The Bertz CT molecular complexity index is 407. The molecule has 6 heteroatoms. The van der Waals surface area contributed by atoms with Gasteiger partial charge in [-0.25, -0.2) is 4.79 Å². The first-order valence-electron chi connectivity index (χ1n) is 4.44. The Balaban J connectivity index is 3.21. The summed E-state index contributed by atoms with van der Waals surface area (Å²) in [6, 6.07) is 3.45. The number of carbonyl (C=O) groups excluding carboxylic acids is 1. The van der Waals surface area contributed by atoms with Crippen LogP contribution in [-0.4, -0.2) is 30.9 Å². The third kappa shape index (κ3) is 2.79. The smallest absolute Gasteiger partial charge is 0.360 e. The molecule has 0 aliphatic heterocycles. The van der Waals surface area contributed by atoms with E-state index >= 15 is 0 Å². The molecule has 5 nitrogen and oxygen atoms in total. The molecule has 0 spiro atoms. The van der Waals surface area contributed by atoms with Crippen molar-refractivity contribution in [3.63, 3.8) is 0 Å². The average molecular weight is 287 g/mol. The first-order valence-corrected chi connectivity index (χ1v) is 5.56. The number of aromatic nitrogens is 1. The highest BCUT2D eigenvalue weighted by molar-refractivity contribution is 9.08. The molecule has 0 aromatic carbocycles. The van der Waals surface area contributed by atoms with Gasteiger partial charge in [-0.3, -0.25) is 4.98 Å². The third-order valence-corrected chi connectivity index (χ3v) is 2.36. The maximum absolute atomic E-state index is 11.5. The topological polar surface area (TPSA) is 60.8 Å². The van der Waals surface area contributed by atoms with Gasteiger partial charge in [0.25, 0.3) is 0 Å². The van der Waals surface area contributed by atoms with Gasteiger partial charge in [-0.05, 0) is 12.1 Å². The monoisotopic (exact) mass is 286 g/mol. The van der Waals surface area contributed by atoms with Crippen molar-refractivity contribution in [1.82, 2.24) is 4.98 Å². The Labute approximate surface area is 102 Å². The van der Waals surface area contributed by atoms with E-state index in [1.807, 2.05) is 0 Å². The number of hydrogen-bond acceptors (Lipinski definition) is 5. The molecule has 86 valence electrons. The van der Waals surface area contributed by atoms with E-state index in [-0.39, 0.29) is 5.71 Å². The second-order valence-electron chi connectivity index (χ2n) is 2.75. The molecule has 0 bridgehead atoms. The lowest BCUT2D eigenvalue weighted by atomic mass is 10.1. The summed E-state index contributed by atoms with van der Waals surface area (Å²) in [5.41, 5.74) is 1.39. The van der Waals surface area contributed by atoms with Crippen molar-refractivity contribution in [1.29, 1.82) is 0 Å². The van der Waals surface area contributed by atoms with Crippen molar-refractivity contribution < 1.29 is 14.4 Å². The largest absolute Gasteiger partial charge is 0.464 e. The van der Waals surface area contributed by atoms with Crippen LogP contribution in [0.4, 0.5) is 0 Å². The zero-order chi connectivity index (χ0) is 12.0. The van der Waals surface area contributed by atoms with Gasteiger partial charge in [-0.15, -0.1) is 0 Å². The summed E-state index contributed by atoms with van der Waals surface area (Å²) in [5.74, 6) is -0.558. The molecular formula is C10H11BrN2O3. The van der Waals surface area contributed by atoms with Gasteiger partial charge in [0.05, 0.1) is 12.8 Å². The van der Waals surface area contributed by atoms with Gasteiger partial charge in [-0.1, -0.05) is 21.1 Å². The molecule has 0 atom stereocenters. The molecule has 0 aliphatic rings. The summed E-state index contributed by atoms with van der Waals surface area (Å²) in [7, 11) is 2.66. The lowest BCUT2D eigenvalue weighted by Crippen LogP contribution is -2.19. The van der Waals surface area contributed by atoms with Gasteiger partial charge in [0, 0.05) is 17.1 Å². The highest BCUT2D eigenvalue weighted by atomic mass is 79.9. The van der Waals surface area contributed by atoms with Crippen LogP contribution in [-0.2, 0) is 19.7 Å². The lowest BCUT2D eigenvalue weighted by molar-refractivity contribution is -0.132. The van der Waals surface area contributed by atoms with E-state index in [0.29, 0.717) is 16.6 Å². The van der Waals surface area contributed by atoms with Crippen LogP contribution in [0.3, 0.4) is 0 Å². The summed E-state index contributed by atoms with van der Waals surface area (Å²) in [4.78, 5) is 20.2. The van der Waals surface area contributed by atoms with Crippen LogP contribution in [0.1, 0.15) is 11.3 Å². The predicted molar refractivity (Wildman–Crippen MR) is 62.4 cm³/mol. The van der Waals surface area contributed by atoms with Crippen molar-refractivity contribution in [3.8, 4) is 0 Å². The van der Waals surface area contributed by atoms with Gasteiger partial charge < -0.3 is 9.57 Å². The molecule has 1 rings (SSSR count). The van der Waals surface area contributed by atoms with Crippen LogP contribution in [0.15, 0.2) is 23.5 Å². The molecule has 0 amide bonds. The normalized spacial score (nSPS) is 11.1. The van der Waals surface area contributed by atoms with E-state index in [1.165, 1.54) is 14.2 Å². The quantitative estimate of drug-likeness (QED) is 0.364. The zero-order valence-corrected chi connectivity index (χ0v) is 10.5. The number of pyridine rings is 1. The number of hydrogen-bond donors (Lipinski definition) is 0. The van der Waals surface area contributed by atoms with E-state index in [4.69, 9.17) is 0 Å². The maximum atomic E-state index is 11.5. The molecule has 0 saturated carbocycles. The highest BCUT2D eigenvalue weighted by Crippen LogP contribution is 2.11. The summed E-state index contributed by atoms with van der Waals surface area (Å²) in [5, 5.41) is 4.17. The summed E-state index contributed by atoms with van der Waals surface area (Å²) >= 11 is 3.29. The number of nitrogens with zero attached hydrogens (tertiary/aromatic N) is 2. The highest BCUT2D eigenvalue weighted by Gasteiger charge is 2.19. The summed E-state index contributed by atoms with van der Waals surface area (Å²) in [6.07, 6.45) is 1.64. The van der Waals surface area contributed by atoms with Crippen molar-refractivity contribution in [2.24, 2.45) is 5.16 Å². The van der Waals surface area contributed by atoms with Gasteiger partial charge in [0.1, 0.15) is 7.11 Å². The van der Waals surface area contributed by atoms with Crippen molar-refractivity contribution in [2.45, 2.75) is 5.33 Å². The fourth-order valence-corrected chi connectivity index (χ4v) is 1.59. The van der Waals surface area contributed by atoms with Gasteiger partial charge in [0.2, 0.25) is 0 Å². The third-order valence-electron chi connectivity index (χ3n) is 1.83. The molecule has 1 heterocycles. The zero-order valence-electron chi connectivity index (χ0n) is 8.94. The first kappa shape index (κ1) is 12.6.